The number of allylic oxidation sites excluding steroid dienone is 1. The average molecular weight is 534 g/mol. The Morgan fingerprint density at radius 2 is 1.75 bits per heavy atom. The summed E-state index contributed by atoms with van der Waals surface area (Å²) in [4.78, 5) is 13.6. The van der Waals surface area contributed by atoms with Crippen LogP contribution >= 0.6 is 0 Å². The Balaban J connectivity index is 1.92. The second-order valence-corrected chi connectivity index (χ2v) is 22.6. The van der Waals surface area contributed by atoms with Crippen molar-refractivity contribution in [3.63, 3.8) is 0 Å². The van der Waals surface area contributed by atoms with Crippen LogP contribution in [0.2, 0.25) is 36.3 Å². The van der Waals surface area contributed by atoms with E-state index in [0.717, 1.165) is 24.1 Å². The van der Waals surface area contributed by atoms with E-state index in [9.17, 15) is 0 Å². The van der Waals surface area contributed by atoms with Gasteiger partial charge in [0.15, 0.2) is 22.3 Å². The second kappa shape index (κ2) is 10.3. The van der Waals surface area contributed by atoms with E-state index in [4.69, 9.17) is 19.3 Å². The maximum absolute atomic E-state index is 6.91. The molecule has 8 nitrogen and oxygen atoms in total. The summed E-state index contributed by atoms with van der Waals surface area (Å²) < 4.78 is 22.2. The maximum atomic E-state index is 6.91. The summed E-state index contributed by atoms with van der Waals surface area (Å²) in [5.41, 5.74) is 8.37. The predicted octanol–water partition coefficient (Wildman–Crippen LogP) is 6.23. The van der Waals surface area contributed by atoms with E-state index in [1.165, 1.54) is 0 Å². The van der Waals surface area contributed by atoms with Gasteiger partial charge in [-0.15, -0.1) is 6.58 Å². The number of anilines is 1. The summed E-state index contributed by atoms with van der Waals surface area (Å²) in [6, 6.07) is 0. The lowest BCUT2D eigenvalue weighted by Crippen LogP contribution is -2.48. The van der Waals surface area contributed by atoms with Crippen molar-refractivity contribution in [2.24, 2.45) is 0 Å². The van der Waals surface area contributed by atoms with Crippen molar-refractivity contribution in [1.82, 2.24) is 19.5 Å². The Labute approximate surface area is 219 Å². The molecule has 10 heteroatoms. The Morgan fingerprint density at radius 3 is 2.33 bits per heavy atom. The number of rotatable bonds is 9. The molecule has 2 aromatic rings. The molecule has 2 N–H and O–H groups in total. The third-order valence-electron chi connectivity index (χ3n) is 8.25. The highest BCUT2D eigenvalue weighted by Crippen LogP contribution is 2.43. The fraction of sp³-hybridized carbons (Fsp3) is 0.731. The van der Waals surface area contributed by atoms with Gasteiger partial charge in [-0.25, -0.2) is 9.97 Å². The molecule has 3 atom stereocenters. The summed E-state index contributed by atoms with van der Waals surface area (Å²) in [6.45, 7) is 27.0. The third-order valence-corrected chi connectivity index (χ3v) is 17.3. The van der Waals surface area contributed by atoms with Crippen LogP contribution in [0.3, 0.4) is 0 Å². The van der Waals surface area contributed by atoms with Crippen molar-refractivity contribution >= 4 is 33.7 Å². The molecule has 202 valence electrons. The minimum absolute atomic E-state index is 0.0717. The monoisotopic (exact) mass is 533 g/mol. The number of hydrogen-bond acceptors (Lipinski definition) is 7. The van der Waals surface area contributed by atoms with Gasteiger partial charge in [0.25, 0.3) is 0 Å². The number of aryl methyl sites for hydroxylation is 1. The van der Waals surface area contributed by atoms with Gasteiger partial charge in [0.1, 0.15) is 17.8 Å². The number of hydrogen-bond donors (Lipinski definition) is 1. The van der Waals surface area contributed by atoms with E-state index >= 15 is 0 Å². The van der Waals surface area contributed by atoms with Crippen LogP contribution in [0.1, 0.15) is 66.3 Å². The van der Waals surface area contributed by atoms with Gasteiger partial charge in [0, 0.05) is 6.42 Å². The van der Waals surface area contributed by atoms with Crippen molar-refractivity contribution in [3.05, 3.63) is 24.7 Å². The number of nitrogens with two attached hydrogens (primary N) is 1. The molecule has 0 radical (unpaired) electrons. The molecule has 1 fully saturated rings. The van der Waals surface area contributed by atoms with Gasteiger partial charge < -0.3 is 19.3 Å². The molecular weight excluding hydrogens is 486 g/mol. The standard InChI is InChI=1S/C26H47N5O3Si2/c1-12-13-14-18-22-23(30-24(27)29-18)31(17-28-22)21-15-19(34-36(10,11)26(5,6)7)20(33-21)16-32-35(8,9)25(2,3)4/h12,17,19-21H,1,13-16H2,2-11H3,(H2,27,29,30)/t19-,20+,21+/m0/s1. The highest BCUT2D eigenvalue weighted by molar-refractivity contribution is 6.74. The van der Waals surface area contributed by atoms with Crippen molar-refractivity contribution in [2.45, 2.75) is 116 Å². The quantitative estimate of drug-likeness (QED) is 0.301. The molecule has 0 unspecified atom stereocenters. The normalized spacial score (nSPS) is 21.9. The van der Waals surface area contributed by atoms with Crippen molar-refractivity contribution in [1.29, 1.82) is 0 Å². The van der Waals surface area contributed by atoms with Crippen LogP contribution in [0.4, 0.5) is 5.95 Å². The van der Waals surface area contributed by atoms with Gasteiger partial charge in [-0.1, -0.05) is 47.6 Å². The van der Waals surface area contributed by atoms with E-state index in [-0.39, 0.29) is 34.5 Å². The molecule has 0 aromatic carbocycles. The SMILES string of the molecule is C=CCCc1nc(N)nc2c1ncn2[C@H]1C[C@H](O[Si](C)(C)C(C)(C)C)[C@@H](CO[Si](C)(C)C(C)(C)C)O1. The van der Waals surface area contributed by atoms with Gasteiger partial charge in [-0.3, -0.25) is 4.57 Å². The van der Waals surface area contributed by atoms with Crippen LogP contribution < -0.4 is 5.73 Å². The molecule has 0 aliphatic carbocycles. The fourth-order valence-corrected chi connectivity index (χ4v) is 6.20. The molecule has 0 amide bonds. The van der Waals surface area contributed by atoms with Crippen LogP contribution in [0.5, 0.6) is 0 Å². The topological polar surface area (TPSA) is 97.3 Å². The Morgan fingerprint density at radius 1 is 1.11 bits per heavy atom. The van der Waals surface area contributed by atoms with Crippen LogP contribution in [0, 0.1) is 0 Å². The number of imidazole rings is 1. The molecule has 1 aliphatic heterocycles. The minimum Gasteiger partial charge on any atom is -0.414 e. The molecule has 1 aliphatic rings. The first kappa shape index (κ1) is 29.0. The first-order chi connectivity index (χ1) is 16.5. The summed E-state index contributed by atoms with van der Waals surface area (Å²) in [5.74, 6) is 0.244. The predicted molar refractivity (Wildman–Crippen MR) is 152 cm³/mol. The van der Waals surface area contributed by atoms with Crippen molar-refractivity contribution < 1.29 is 13.6 Å². The summed E-state index contributed by atoms with van der Waals surface area (Å²) >= 11 is 0. The number of fused-ring (bicyclic) bond motifs is 1. The van der Waals surface area contributed by atoms with Crippen molar-refractivity contribution in [2.75, 3.05) is 12.3 Å². The Hall–Kier alpha value is -1.60. The molecule has 0 bridgehead atoms. The highest BCUT2D eigenvalue weighted by atomic mass is 28.4. The molecular formula is C26H47N5O3Si2. The Kier molecular flexibility index (Phi) is 8.27. The molecule has 2 aromatic heterocycles. The largest absolute Gasteiger partial charge is 0.414 e. The van der Waals surface area contributed by atoms with Gasteiger partial charge in [-0.05, 0) is 49.1 Å². The number of aromatic nitrogens is 4. The van der Waals surface area contributed by atoms with Gasteiger partial charge in [-0.2, -0.15) is 4.98 Å². The molecule has 0 spiro atoms. The lowest BCUT2D eigenvalue weighted by molar-refractivity contribution is -0.0383. The van der Waals surface area contributed by atoms with Gasteiger partial charge in [0.2, 0.25) is 5.95 Å². The minimum atomic E-state index is -2.03. The van der Waals surface area contributed by atoms with Crippen LogP contribution in [-0.2, 0) is 20.0 Å². The average Bonchev–Trinajstić information content (AvgIpc) is 3.32. The molecule has 36 heavy (non-hydrogen) atoms. The maximum Gasteiger partial charge on any atom is 0.222 e. The first-order valence-corrected chi connectivity index (χ1v) is 18.9. The molecule has 0 saturated carbocycles. The summed E-state index contributed by atoms with van der Waals surface area (Å²) in [6.07, 6.45) is 5.38. The highest BCUT2D eigenvalue weighted by Gasteiger charge is 2.46. The number of ether oxygens (including phenoxy) is 1. The van der Waals surface area contributed by atoms with E-state index in [2.05, 4.69) is 89.3 Å². The van der Waals surface area contributed by atoms with Gasteiger partial charge in [0.05, 0.1) is 24.7 Å². The summed E-state index contributed by atoms with van der Waals surface area (Å²) in [5, 5.41) is 0.219. The van der Waals surface area contributed by atoms with E-state index in [0.29, 0.717) is 18.7 Å². The van der Waals surface area contributed by atoms with Crippen LogP contribution in [0.25, 0.3) is 11.2 Å². The van der Waals surface area contributed by atoms with E-state index in [1.54, 1.807) is 6.33 Å². The number of nitrogens with zero attached hydrogens (tertiary/aromatic N) is 4. The summed E-state index contributed by atoms with van der Waals surface area (Å²) in [7, 11) is -3.97. The lowest BCUT2D eigenvalue weighted by Gasteiger charge is -2.40. The van der Waals surface area contributed by atoms with Crippen LogP contribution in [0.15, 0.2) is 19.0 Å². The second-order valence-electron chi connectivity index (χ2n) is 13.0. The lowest BCUT2D eigenvalue weighted by atomic mass is 10.2. The number of nitrogen functional groups attached to an aromatic ring is 1. The third kappa shape index (κ3) is 6.10. The Bertz CT molecular complexity index is 1070. The van der Waals surface area contributed by atoms with E-state index < -0.39 is 16.6 Å². The van der Waals surface area contributed by atoms with E-state index in [1.807, 2.05) is 10.6 Å². The zero-order valence-electron chi connectivity index (χ0n) is 24.0. The smallest absolute Gasteiger partial charge is 0.222 e. The zero-order valence-corrected chi connectivity index (χ0v) is 26.0. The molecule has 1 saturated heterocycles. The van der Waals surface area contributed by atoms with Crippen molar-refractivity contribution in [3.8, 4) is 0 Å². The van der Waals surface area contributed by atoms with Crippen LogP contribution in [-0.4, -0.2) is 55.0 Å². The van der Waals surface area contributed by atoms with Gasteiger partial charge >= 0.3 is 0 Å². The fourth-order valence-electron chi connectivity index (χ4n) is 3.82. The zero-order chi connectivity index (χ0) is 27.1. The molecule has 3 rings (SSSR count). The first-order valence-electron chi connectivity index (χ1n) is 13.0. The molecule has 3 heterocycles.